The minimum absolute atomic E-state index is 0.0288. The molecule has 1 N–H and O–H groups in total. The normalized spacial score (nSPS) is 18.2. The summed E-state index contributed by atoms with van der Waals surface area (Å²) in [5.41, 5.74) is 0.316. The van der Waals surface area contributed by atoms with Crippen molar-refractivity contribution in [2.75, 3.05) is 6.61 Å². The van der Waals surface area contributed by atoms with E-state index in [-0.39, 0.29) is 17.7 Å². The highest BCUT2D eigenvalue weighted by Crippen LogP contribution is 2.23. The van der Waals surface area contributed by atoms with Crippen LogP contribution < -0.4 is 5.32 Å². The van der Waals surface area contributed by atoms with Gasteiger partial charge in [0.25, 0.3) is 5.69 Å². The smallest absolute Gasteiger partial charge is 0.269 e. The standard InChI is InChI=1S/C16H22N2O4/c1-16(2,12-5-7-13(8-6-12)18(20)21)17-15(19)10-9-14-4-3-11-22-14/h5-8,14H,3-4,9-11H2,1-2H3,(H,17,19)/t14-/m0/s1. The number of non-ortho nitro benzene ring substituents is 1. The fourth-order valence-electron chi connectivity index (χ4n) is 2.65. The van der Waals surface area contributed by atoms with Crippen LogP contribution in [0.15, 0.2) is 24.3 Å². The maximum Gasteiger partial charge on any atom is 0.269 e. The van der Waals surface area contributed by atoms with Crippen LogP contribution in [0.25, 0.3) is 0 Å². The zero-order valence-electron chi connectivity index (χ0n) is 13.0. The second-order valence-corrected chi connectivity index (χ2v) is 6.15. The highest BCUT2D eigenvalue weighted by molar-refractivity contribution is 5.77. The van der Waals surface area contributed by atoms with E-state index in [4.69, 9.17) is 4.74 Å². The molecule has 0 aliphatic carbocycles. The lowest BCUT2D eigenvalue weighted by atomic mass is 9.93. The quantitative estimate of drug-likeness (QED) is 0.647. The van der Waals surface area contributed by atoms with Gasteiger partial charge in [0.05, 0.1) is 16.6 Å². The van der Waals surface area contributed by atoms with Crippen LogP contribution in [0.5, 0.6) is 0 Å². The summed E-state index contributed by atoms with van der Waals surface area (Å²) in [6, 6.07) is 6.27. The molecule has 0 spiro atoms. The molecule has 1 aromatic carbocycles. The number of nitro benzene ring substituents is 1. The van der Waals surface area contributed by atoms with Crippen molar-refractivity contribution < 1.29 is 14.5 Å². The molecular weight excluding hydrogens is 284 g/mol. The minimum Gasteiger partial charge on any atom is -0.378 e. The topological polar surface area (TPSA) is 81.5 Å². The van der Waals surface area contributed by atoms with Crippen LogP contribution in [-0.4, -0.2) is 23.5 Å². The third kappa shape index (κ3) is 4.27. The zero-order valence-corrected chi connectivity index (χ0v) is 13.0. The van der Waals surface area contributed by atoms with Gasteiger partial charge in [0, 0.05) is 25.2 Å². The molecule has 1 amide bonds. The summed E-state index contributed by atoms with van der Waals surface area (Å²) in [4.78, 5) is 22.3. The van der Waals surface area contributed by atoms with E-state index in [0.29, 0.717) is 6.42 Å². The first kappa shape index (κ1) is 16.4. The number of carbonyl (C=O) groups is 1. The molecule has 0 unspecified atom stereocenters. The number of nitrogens with zero attached hydrogens (tertiary/aromatic N) is 1. The summed E-state index contributed by atoms with van der Waals surface area (Å²) in [6.45, 7) is 4.57. The highest BCUT2D eigenvalue weighted by atomic mass is 16.6. The van der Waals surface area contributed by atoms with Crippen molar-refractivity contribution in [3.63, 3.8) is 0 Å². The molecule has 6 nitrogen and oxygen atoms in total. The molecule has 1 atom stereocenters. The van der Waals surface area contributed by atoms with Gasteiger partial charge in [-0.15, -0.1) is 0 Å². The van der Waals surface area contributed by atoms with Gasteiger partial charge < -0.3 is 10.1 Å². The second-order valence-electron chi connectivity index (χ2n) is 6.15. The van der Waals surface area contributed by atoms with Crippen LogP contribution >= 0.6 is 0 Å². The molecule has 0 aromatic heterocycles. The van der Waals surface area contributed by atoms with E-state index < -0.39 is 10.5 Å². The molecule has 1 heterocycles. The van der Waals surface area contributed by atoms with E-state index in [1.54, 1.807) is 12.1 Å². The van der Waals surface area contributed by atoms with E-state index in [0.717, 1.165) is 31.4 Å². The molecule has 1 aromatic rings. The largest absolute Gasteiger partial charge is 0.378 e. The summed E-state index contributed by atoms with van der Waals surface area (Å²) < 4.78 is 5.51. The number of hydrogen-bond acceptors (Lipinski definition) is 4. The van der Waals surface area contributed by atoms with Gasteiger partial charge in [0.1, 0.15) is 0 Å². The lowest BCUT2D eigenvalue weighted by Gasteiger charge is -2.27. The summed E-state index contributed by atoms with van der Waals surface area (Å²) >= 11 is 0. The third-order valence-corrected chi connectivity index (χ3v) is 3.97. The first-order valence-corrected chi connectivity index (χ1v) is 7.56. The monoisotopic (exact) mass is 306 g/mol. The number of hydrogen-bond donors (Lipinski definition) is 1. The van der Waals surface area contributed by atoms with E-state index in [1.165, 1.54) is 12.1 Å². The average Bonchev–Trinajstić information content (AvgIpc) is 2.98. The van der Waals surface area contributed by atoms with Crippen molar-refractivity contribution in [2.45, 2.75) is 51.2 Å². The Balaban J connectivity index is 1.91. The second kappa shape index (κ2) is 6.87. The first-order chi connectivity index (χ1) is 10.4. The molecule has 0 radical (unpaired) electrons. The first-order valence-electron chi connectivity index (χ1n) is 7.56. The van der Waals surface area contributed by atoms with Gasteiger partial charge in [-0.25, -0.2) is 0 Å². The number of amides is 1. The molecule has 1 aliphatic rings. The zero-order chi connectivity index (χ0) is 16.2. The van der Waals surface area contributed by atoms with Gasteiger partial charge in [0.2, 0.25) is 5.91 Å². The number of rotatable bonds is 6. The van der Waals surface area contributed by atoms with Crippen LogP contribution in [-0.2, 0) is 15.1 Å². The minimum atomic E-state index is -0.567. The molecular formula is C16H22N2O4. The average molecular weight is 306 g/mol. The van der Waals surface area contributed by atoms with Crippen molar-refractivity contribution in [2.24, 2.45) is 0 Å². The summed E-state index contributed by atoms with van der Waals surface area (Å²) in [5.74, 6) is -0.0288. The molecule has 1 saturated heterocycles. The van der Waals surface area contributed by atoms with Crippen molar-refractivity contribution in [3.8, 4) is 0 Å². The fourth-order valence-corrected chi connectivity index (χ4v) is 2.65. The van der Waals surface area contributed by atoms with Gasteiger partial charge in [-0.05, 0) is 50.8 Å². The van der Waals surface area contributed by atoms with Crippen molar-refractivity contribution in [1.29, 1.82) is 0 Å². The molecule has 22 heavy (non-hydrogen) atoms. The Hall–Kier alpha value is -1.95. The Bertz CT molecular complexity index is 534. The van der Waals surface area contributed by atoms with E-state index in [2.05, 4.69) is 5.32 Å². The lowest BCUT2D eigenvalue weighted by molar-refractivity contribution is -0.384. The van der Waals surface area contributed by atoms with Gasteiger partial charge in [-0.1, -0.05) is 0 Å². The van der Waals surface area contributed by atoms with E-state index in [9.17, 15) is 14.9 Å². The number of carbonyl (C=O) groups excluding carboxylic acids is 1. The predicted molar refractivity (Wildman–Crippen MR) is 82.5 cm³/mol. The summed E-state index contributed by atoms with van der Waals surface area (Å²) in [5, 5.41) is 13.7. The fraction of sp³-hybridized carbons (Fsp3) is 0.562. The number of benzene rings is 1. The SMILES string of the molecule is CC(C)(NC(=O)CC[C@@H]1CCCO1)c1ccc([N+](=O)[O-])cc1. The lowest BCUT2D eigenvalue weighted by Crippen LogP contribution is -2.41. The Morgan fingerprint density at radius 2 is 2.09 bits per heavy atom. The Morgan fingerprint density at radius 3 is 2.64 bits per heavy atom. The van der Waals surface area contributed by atoms with Crippen LogP contribution in [0.4, 0.5) is 5.69 Å². The van der Waals surface area contributed by atoms with Crippen LogP contribution in [0.2, 0.25) is 0 Å². The van der Waals surface area contributed by atoms with Crippen LogP contribution in [0, 0.1) is 10.1 Å². The van der Waals surface area contributed by atoms with E-state index >= 15 is 0 Å². The maximum atomic E-state index is 12.1. The maximum absolute atomic E-state index is 12.1. The van der Waals surface area contributed by atoms with Gasteiger partial charge in [0.15, 0.2) is 0 Å². The molecule has 0 bridgehead atoms. The van der Waals surface area contributed by atoms with Crippen LogP contribution in [0.1, 0.15) is 45.1 Å². The van der Waals surface area contributed by atoms with Crippen molar-refractivity contribution >= 4 is 11.6 Å². The van der Waals surface area contributed by atoms with Gasteiger partial charge in [-0.3, -0.25) is 14.9 Å². The van der Waals surface area contributed by atoms with Gasteiger partial charge >= 0.3 is 0 Å². The number of nitro groups is 1. The molecule has 0 saturated carbocycles. The van der Waals surface area contributed by atoms with Crippen molar-refractivity contribution in [1.82, 2.24) is 5.32 Å². The molecule has 1 aliphatic heterocycles. The highest BCUT2D eigenvalue weighted by Gasteiger charge is 2.24. The molecule has 2 rings (SSSR count). The Kier molecular flexibility index (Phi) is 5.13. The van der Waals surface area contributed by atoms with Crippen LogP contribution in [0.3, 0.4) is 0 Å². The molecule has 6 heteroatoms. The third-order valence-electron chi connectivity index (χ3n) is 3.97. The van der Waals surface area contributed by atoms with Gasteiger partial charge in [-0.2, -0.15) is 0 Å². The summed E-state index contributed by atoms with van der Waals surface area (Å²) in [6.07, 6.45) is 3.47. The molecule has 1 fully saturated rings. The number of nitrogens with one attached hydrogen (secondary N) is 1. The Labute approximate surface area is 130 Å². The Morgan fingerprint density at radius 1 is 1.41 bits per heavy atom. The van der Waals surface area contributed by atoms with E-state index in [1.807, 2.05) is 13.8 Å². The molecule has 120 valence electrons. The summed E-state index contributed by atoms with van der Waals surface area (Å²) in [7, 11) is 0. The van der Waals surface area contributed by atoms with Crippen molar-refractivity contribution in [3.05, 3.63) is 39.9 Å². The predicted octanol–water partition coefficient (Wildman–Crippen LogP) is 2.91. The number of ether oxygens (including phenoxy) is 1.